The first-order valence-electron chi connectivity index (χ1n) is 13.0. The number of nitrogens with zero attached hydrogens (tertiary/aromatic N) is 4. The molecule has 7 heteroatoms. The number of rotatable bonds is 2. The van der Waals surface area contributed by atoms with Gasteiger partial charge in [0, 0.05) is 23.7 Å². The van der Waals surface area contributed by atoms with Crippen molar-refractivity contribution in [3.63, 3.8) is 0 Å². The van der Waals surface area contributed by atoms with Gasteiger partial charge in [0.05, 0.1) is 6.54 Å². The number of benzene rings is 2. The lowest BCUT2D eigenvalue weighted by Crippen LogP contribution is -2.40. The number of hydrogen-bond acceptors (Lipinski definition) is 5. The standard InChI is InChI=1S/C28H35N5O2/c34-28(24-12-10-23(11-13-24)27-29-21-30-31-27)33-17-4-3-16-32-15-2-1-7-25(32)14-9-22-6-5-8-26(20-22)35-19-18-33/h5-6,8,10-13,20-21,25H,1-4,7,9,14-19H2,(H,29,30,31). The zero-order valence-corrected chi connectivity index (χ0v) is 20.4. The quantitative estimate of drug-likeness (QED) is 0.590. The van der Waals surface area contributed by atoms with Gasteiger partial charge < -0.3 is 14.5 Å². The van der Waals surface area contributed by atoms with Crippen LogP contribution >= 0.6 is 0 Å². The monoisotopic (exact) mass is 473 g/mol. The van der Waals surface area contributed by atoms with Crippen LogP contribution in [0.5, 0.6) is 5.75 Å². The van der Waals surface area contributed by atoms with E-state index in [2.05, 4.69) is 38.3 Å². The number of nitrogens with one attached hydrogen (secondary N) is 1. The highest BCUT2D eigenvalue weighted by atomic mass is 16.5. The minimum atomic E-state index is 0.0478. The average molecular weight is 474 g/mol. The summed E-state index contributed by atoms with van der Waals surface area (Å²) in [4.78, 5) is 22.2. The predicted octanol–water partition coefficient (Wildman–Crippen LogP) is 4.57. The highest BCUT2D eigenvalue weighted by molar-refractivity contribution is 5.94. The number of piperidine rings is 1. The number of ether oxygens (including phenoxy) is 1. The SMILES string of the molecule is O=C(c1ccc(-c2ncn[nH]2)cc1)N1CCCCN2CCCCC2CCc2cccc(c2)OCC1. The van der Waals surface area contributed by atoms with Gasteiger partial charge in [0.2, 0.25) is 0 Å². The summed E-state index contributed by atoms with van der Waals surface area (Å²) in [5, 5.41) is 6.77. The van der Waals surface area contributed by atoms with E-state index in [4.69, 9.17) is 4.74 Å². The number of aromatic amines is 1. The van der Waals surface area contributed by atoms with Crippen molar-refractivity contribution < 1.29 is 9.53 Å². The predicted molar refractivity (Wildman–Crippen MR) is 136 cm³/mol. The zero-order valence-electron chi connectivity index (χ0n) is 20.4. The first kappa shape index (κ1) is 23.5. The maximum atomic E-state index is 13.4. The normalized spacial score (nSPS) is 20.2. The van der Waals surface area contributed by atoms with Gasteiger partial charge in [0.25, 0.3) is 5.91 Å². The van der Waals surface area contributed by atoms with Crippen LogP contribution in [-0.2, 0) is 6.42 Å². The molecule has 1 unspecified atom stereocenters. The van der Waals surface area contributed by atoms with Gasteiger partial charge in [-0.15, -0.1) is 0 Å². The van der Waals surface area contributed by atoms with Crippen molar-refractivity contribution in [1.29, 1.82) is 0 Å². The number of carbonyl (C=O) groups is 1. The van der Waals surface area contributed by atoms with E-state index >= 15 is 0 Å². The molecule has 35 heavy (non-hydrogen) atoms. The van der Waals surface area contributed by atoms with Crippen molar-refractivity contribution >= 4 is 5.91 Å². The summed E-state index contributed by atoms with van der Waals surface area (Å²) in [5.41, 5.74) is 2.93. The van der Waals surface area contributed by atoms with Crippen LogP contribution in [0.15, 0.2) is 54.9 Å². The molecule has 2 bridgehead atoms. The zero-order chi connectivity index (χ0) is 23.9. The van der Waals surface area contributed by atoms with Crippen LogP contribution in [0.4, 0.5) is 0 Å². The lowest BCUT2D eigenvalue weighted by Gasteiger charge is -2.36. The van der Waals surface area contributed by atoms with Gasteiger partial charge in [-0.2, -0.15) is 5.10 Å². The Hall–Kier alpha value is -3.19. The van der Waals surface area contributed by atoms with E-state index in [1.165, 1.54) is 44.1 Å². The van der Waals surface area contributed by atoms with E-state index in [1.54, 1.807) is 0 Å². The van der Waals surface area contributed by atoms with Crippen LogP contribution in [0.25, 0.3) is 11.4 Å². The van der Waals surface area contributed by atoms with Crippen molar-refractivity contribution in [2.75, 3.05) is 32.8 Å². The molecular formula is C28H35N5O2. The maximum Gasteiger partial charge on any atom is 0.253 e. The molecule has 1 saturated heterocycles. The summed E-state index contributed by atoms with van der Waals surface area (Å²) in [6, 6.07) is 16.7. The molecule has 0 aliphatic carbocycles. The Balaban J connectivity index is 1.29. The number of aryl methyl sites for hydroxylation is 1. The van der Waals surface area contributed by atoms with Crippen LogP contribution in [0, 0.1) is 0 Å². The smallest absolute Gasteiger partial charge is 0.253 e. The van der Waals surface area contributed by atoms with Crippen molar-refractivity contribution in [3.8, 4) is 17.1 Å². The molecule has 5 rings (SSSR count). The molecule has 1 amide bonds. The third-order valence-corrected chi connectivity index (χ3v) is 7.27. The number of fused-ring (bicyclic) bond motifs is 3. The molecule has 1 fully saturated rings. The number of carbonyl (C=O) groups excluding carboxylic acids is 1. The largest absolute Gasteiger partial charge is 0.492 e. The molecule has 0 radical (unpaired) electrons. The Morgan fingerprint density at radius 2 is 1.77 bits per heavy atom. The molecular weight excluding hydrogens is 438 g/mol. The van der Waals surface area contributed by atoms with Crippen molar-refractivity contribution in [2.24, 2.45) is 0 Å². The minimum Gasteiger partial charge on any atom is -0.492 e. The molecule has 7 nitrogen and oxygen atoms in total. The molecule has 184 valence electrons. The molecule has 1 aromatic heterocycles. The molecule has 2 aliphatic rings. The Labute approximate surface area is 207 Å². The van der Waals surface area contributed by atoms with Gasteiger partial charge in [-0.1, -0.05) is 30.7 Å². The summed E-state index contributed by atoms with van der Waals surface area (Å²) >= 11 is 0. The lowest BCUT2D eigenvalue weighted by molar-refractivity contribution is 0.0721. The van der Waals surface area contributed by atoms with E-state index in [1.807, 2.05) is 35.2 Å². The Morgan fingerprint density at radius 1 is 0.943 bits per heavy atom. The van der Waals surface area contributed by atoms with E-state index < -0.39 is 0 Å². The van der Waals surface area contributed by atoms with Gasteiger partial charge in [-0.25, -0.2) is 4.98 Å². The lowest BCUT2D eigenvalue weighted by atomic mass is 9.95. The van der Waals surface area contributed by atoms with Crippen LogP contribution in [0.1, 0.15) is 54.4 Å². The summed E-state index contributed by atoms with van der Waals surface area (Å²) < 4.78 is 6.09. The molecule has 3 heterocycles. The second kappa shape index (κ2) is 11.5. The summed E-state index contributed by atoms with van der Waals surface area (Å²) in [6.45, 7) is 4.12. The van der Waals surface area contributed by atoms with Crippen molar-refractivity contribution in [1.82, 2.24) is 25.0 Å². The highest BCUT2D eigenvalue weighted by Gasteiger charge is 2.22. The Bertz CT molecular complexity index is 1080. The van der Waals surface area contributed by atoms with Crippen LogP contribution in [0.3, 0.4) is 0 Å². The van der Waals surface area contributed by atoms with E-state index in [-0.39, 0.29) is 5.91 Å². The highest BCUT2D eigenvalue weighted by Crippen LogP contribution is 2.24. The Morgan fingerprint density at radius 3 is 2.60 bits per heavy atom. The fraction of sp³-hybridized carbons (Fsp3) is 0.464. The molecule has 3 aromatic rings. The number of aromatic nitrogens is 3. The van der Waals surface area contributed by atoms with Gasteiger partial charge in [-0.3, -0.25) is 9.89 Å². The third-order valence-electron chi connectivity index (χ3n) is 7.27. The number of amides is 1. The molecule has 0 spiro atoms. The van der Waals surface area contributed by atoms with E-state index in [0.29, 0.717) is 30.6 Å². The van der Waals surface area contributed by atoms with Crippen LogP contribution < -0.4 is 4.74 Å². The van der Waals surface area contributed by atoms with Gasteiger partial charge in [-0.05, 0) is 81.4 Å². The average Bonchev–Trinajstić information content (AvgIpc) is 3.44. The van der Waals surface area contributed by atoms with Crippen LogP contribution in [0.2, 0.25) is 0 Å². The second-order valence-corrected chi connectivity index (χ2v) is 9.63. The first-order chi connectivity index (χ1) is 17.3. The van der Waals surface area contributed by atoms with Crippen LogP contribution in [-0.4, -0.2) is 69.7 Å². The van der Waals surface area contributed by atoms with Gasteiger partial charge in [0.15, 0.2) is 5.82 Å². The number of H-pyrrole nitrogens is 1. The first-order valence-corrected chi connectivity index (χ1v) is 13.0. The van der Waals surface area contributed by atoms with Crippen molar-refractivity contribution in [2.45, 2.75) is 51.0 Å². The van der Waals surface area contributed by atoms with E-state index in [0.717, 1.165) is 43.7 Å². The fourth-order valence-corrected chi connectivity index (χ4v) is 5.31. The molecule has 1 atom stereocenters. The molecule has 1 N–H and O–H groups in total. The molecule has 2 aliphatic heterocycles. The van der Waals surface area contributed by atoms with E-state index in [9.17, 15) is 4.79 Å². The Kier molecular flexibility index (Phi) is 7.73. The summed E-state index contributed by atoms with van der Waals surface area (Å²) in [6.07, 6.45) is 9.82. The fourth-order valence-electron chi connectivity index (χ4n) is 5.31. The third kappa shape index (κ3) is 6.09. The van der Waals surface area contributed by atoms with Gasteiger partial charge in [0.1, 0.15) is 18.7 Å². The van der Waals surface area contributed by atoms with Crippen molar-refractivity contribution in [3.05, 3.63) is 66.0 Å². The minimum absolute atomic E-state index is 0.0478. The summed E-state index contributed by atoms with van der Waals surface area (Å²) in [7, 11) is 0. The maximum absolute atomic E-state index is 13.4. The molecule has 2 aromatic carbocycles. The topological polar surface area (TPSA) is 74.4 Å². The second-order valence-electron chi connectivity index (χ2n) is 9.63. The molecule has 0 saturated carbocycles. The number of hydrogen-bond donors (Lipinski definition) is 1. The van der Waals surface area contributed by atoms with Gasteiger partial charge >= 0.3 is 0 Å². The summed E-state index contributed by atoms with van der Waals surface area (Å²) in [5.74, 6) is 1.64.